The average Bonchev–Trinajstić information content (AvgIpc) is 2.06. The molecule has 0 spiro atoms. The molecule has 0 saturated carbocycles. The monoisotopic (exact) mass is 180 g/mol. The van der Waals surface area contributed by atoms with Gasteiger partial charge in [0.2, 0.25) is 0 Å². The first-order valence-corrected chi connectivity index (χ1v) is 3.05. The quantitative estimate of drug-likeness (QED) is 0.351. The molecule has 64 valence electrons. The van der Waals surface area contributed by atoms with Gasteiger partial charge in [-0.15, -0.1) is 12.1 Å². The number of hydrogen-bond acceptors (Lipinski definition) is 1. The molecule has 0 bridgehead atoms. The van der Waals surface area contributed by atoms with E-state index in [2.05, 4.69) is 10.8 Å². The fraction of sp³-hybridized carbons (Fsp3) is 0. The summed E-state index contributed by atoms with van der Waals surface area (Å²) in [5, 5.41) is 0. The minimum absolute atomic E-state index is 0. The van der Waals surface area contributed by atoms with Crippen molar-refractivity contribution in [2.45, 2.75) is 0 Å². The molecule has 0 amide bonds. The van der Waals surface area contributed by atoms with E-state index in [9.17, 15) is 13.2 Å². The summed E-state index contributed by atoms with van der Waals surface area (Å²) in [6.45, 7) is 0. The van der Waals surface area contributed by atoms with Gasteiger partial charge in [0.25, 0.3) is 0 Å². The van der Waals surface area contributed by atoms with Crippen LogP contribution in [-0.4, -0.2) is 0 Å². The van der Waals surface area contributed by atoms with Crippen molar-refractivity contribution in [3.05, 3.63) is 42.4 Å². The molecule has 0 atom stereocenters. The average molecular weight is 180 g/mol. The predicted molar refractivity (Wildman–Crippen MR) is 36.3 cm³/mol. The number of rotatable bonds is 2. The molecule has 0 N–H and O–H groups in total. The number of hydrogen-bond donors (Lipinski definition) is 0. The Hall–Kier alpha value is -0.853. The van der Waals surface area contributed by atoms with Crippen LogP contribution in [0.5, 0.6) is 5.75 Å². The second-order valence-electron chi connectivity index (χ2n) is 1.87. The van der Waals surface area contributed by atoms with Gasteiger partial charge < -0.3 is 4.74 Å². The van der Waals surface area contributed by atoms with Gasteiger partial charge in [-0.05, 0) is 0 Å². The third-order valence-corrected chi connectivity index (χ3v) is 1.04. The third-order valence-electron chi connectivity index (χ3n) is 1.04. The van der Waals surface area contributed by atoms with Gasteiger partial charge in [0.15, 0.2) is 0 Å². The van der Waals surface area contributed by atoms with Gasteiger partial charge in [0.05, 0.1) is 0 Å². The first-order chi connectivity index (χ1) is 5.70. The summed E-state index contributed by atoms with van der Waals surface area (Å²) in [5.74, 6) is 0.0130. The van der Waals surface area contributed by atoms with Crippen LogP contribution in [0.4, 0.5) is 13.2 Å². The van der Waals surface area contributed by atoms with Crippen LogP contribution in [0.15, 0.2) is 36.4 Å². The molecule has 0 aliphatic carbocycles. The van der Waals surface area contributed by atoms with Crippen LogP contribution in [-0.2, 0) is 0 Å². The van der Waals surface area contributed by atoms with E-state index in [4.69, 9.17) is 0 Å². The van der Waals surface area contributed by atoms with E-state index in [1.807, 2.05) is 0 Å². The minimum atomic E-state index is -2.47. The number of ether oxygens (including phenoxy) is 1. The van der Waals surface area contributed by atoms with Gasteiger partial charge in [-0.3, -0.25) is 0 Å². The van der Waals surface area contributed by atoms with Crippen LogP contribution < -0.4 is 23.6 Å². The molecule has 1 nitrogen and oxygen atoms in total. The van der Waals surface area contributed by atoms with Crippen LogP contribution in [0, 0.1) is 6.07 Å². The zero-order valence-corrected chi connectivity index (χ0v) is 6.85. The second-order valence-corrected chi connectivity index (χ2v) is 1.87. The zero-order valence-electron chi connectivity index (χ0n) is 6.85. The van der Waals surface area contributed by atoms with Crippen molar-refractivity contribution >= 4 is 0 Å². The normalized spacial score (nSPS) is 8.54. The zero-order chi connectivity index (χ0) is 8.97. The molecule has 0 saturated heterocycles. The Labute approximate surface area is 85.4 Å². The van der Waals surface area contributed by atoms with Gasteiger partial charge >= 0.3 is 31.0 Å². The summed E-state index contributed by atoms with van der Waals surface area (Å²) in [4.78, 5) is 0. The molecule has 0 fully saturated rings. The standard InChI is InChI=1S/C8H4F3O.Li/c9-7(10)8(11)12-6-4-2-1-3-5-6;/h2-5H;/q-1;+1. The van der Waals surface area contributed by atoms with Crippen molar-refractivity contribution in [3.63, 3.8) is 0 Å². The first kappa shape index (κ1) is 12.1. The smallest absolute Gasteiger partial charge is 0.455 e. The fourth-order valence-electron chi connectivity index (χ4n) is 0.582. The van der Waals surface area contributed by atoms with Gasteiger partial charge in [-0.2, -0.15) is 31.4 Å². The van der Waals surface area contributed by atoms with E-state index in [1.54, 1.807) is 0 Å². The van der Waals surface area contributed by atoms with Gasteiger partial charge in [0.1, 0.15) is 0 Å². The van der Waals surface area contributed by atoms with Crippen LogP contribution in [0.3, 0.4) is 0 Å². The molecule has 13 heavy (non-hydrogen) atoms. The maximum atomic E-state index is 12.1. The minimum Gasteiger partial charge on any atom is -0.455 e. The maximum Gasteiger partial charge on any atom is 1.00 e. The molecular weight excluding hydrogens is 176 g/mol. The van der Waals surface area contributed by atoms with Crippen molar-refractivity contribution in [2.24, 2.45) is 0 Å². The molecule has 5 heteroatoms. The fourth-order valence-corrected chi connectivity index (χ4v) is 0.582. The molecule has 0 unspecified atom stereocenters. The van der Waals surface area contributed by atoms with Crippen molar-refractivity contribution in [1.82, 2.24) is 0 Å². The van der Waals surface area contributed by atoms with Gasteiger partial charge in [-0.1, -0.05) is 0 Å². The Morgan fingerprint density at radius 1 is 1.15 bits per heavy atom. The van der Waals surface area contributed by atoms with Gasteiger partial charge in [-0.25, -0.2) is 0 Å². The molecule has 0 aromatic heterocycles. The van der Waals surface area contributed by atoms with E-state index in [0.717, 1.165) is 0 Å². The Balaban J connectivity index is 0.00000144. The largest absolute Gasteiger partial charge is 1.00 e. The van der Waals surface area contributed by atoms with Crippen molar-refractivity contribution in [2.75, 3.05) is 0 Å². The second kappa shape index (κ2) is 5.73. The summed E-state index contributed by atoms with van der Waals surface area (Å²) in [7, 11) is 0. The summed E-state index contributed by atoms with van der Waals surface area (Å²) >= 11 is 0. The van der Waals surface area contributed by atoms with E-state index < -0.39 is 12.1 Å². The van der Waals surface area contributed by atoms with Crippen LogP contribution >= 0.6 is 0 Å². The Bertz CT molecular complexity index is 283. The van der Waals surface area contributed by atoms with Crippen molar-refractivity contribution < 1.29 is 36.8 Å². The van der Waals surface area contributed by atoms with Crippen molar-refractivity contribution in [3.8, 4) is 5.75 Å². The van der Waals surface area contributed by atoms with E-state index in [1.165, 1.54) is 24.3 Å². The SMILES string of the molecule is FC(F)=C(F)Oc1cc[c-]cc1.[Li+]. The molecule has 0 aliphatic rings. The summed E-state index contributed by atoms with van der Waals surface area (Å²) in [5.41, 5.74) is 0. The number of benzene rings is 1. The van der Waals surface area contributed by atoms with Gasteiger partial charge in [0, 0.05) is 5.75 Å². The topological polar surface area (TPSA) is 9.23 Å². The van der Waals surface area contributed by atoms with E-state index in [-0.39, 0.29) is 24.6 Å². The van der Waals surface area contributed by atoms with Crippen LogP contribution in [0.1, 0.15) is 0 Å². The van der Waals surface area contributed by atoms with E-state index in [0.29, 0.717) is 0 Å². The molecular formula is C8H4F3LiO. The number of halogens is 3. The Morgan fingerprint density at radius 3 is 2.15 bits per heavy atom. The molecule has 0 radical (unpaired) electrons. The molecule has 1 aromatic rings. The molecule has 1 rings (SSSR count). The predicted octanol–water partition coefficient (Wildman–Crippen LogP) is -0.0953. The molecule has 0 aliphatic heterocycles. The van der Waals surface area contributed by atoms with Crippen LogP contribution in [0.2, 0.25) is 0 Å². The third kappa shape index (κ3) is 4.07. The summed E-state index contributed by atoms with van der Waals surface area (Å²) < 4.78 is 39.2. The molecule has 0 heterocycles. The maximum absolute atomic E-state index is 12.1. The summed E-state index contributed by atoms with van der Waals surface area (Å²) in [6.07, 6.45) is -2.47. The first-order valence-electron chi connectivity index (χ1n) is 3.05. The Kier molecular flexibility index (Phi) is 5.36. The van der Waals surface area contributed by atoms with Crippen molar-refractivity contribution in [1.29, 1.82) is 0 Å². The van der Waals surface area contributed by atoms with E-state index >= 15 is 0 Å². The Morgan fingerprint density at radius 2 is 1.69 bits per heavy atom. The molecule has 1 aromatic carbocycles. The summed E-state index contributed by atoms with van der Waals surface area (Å²) in [6, 6.07) is 6.26. The van der Waals surface area contributed by atoms with Crippen LogP contribution in [0.25, 0.3) is 0 Å².